The lowest BCUT2D eigenvalue weighted by molar-refractivity contribution is -0.122. The van der Waals surface area contributed by atoms with Crippen molar-refractivity contribution in [1.29, 1.82) is 0 Å². The Hall–Kier alpha value is -3.68. The number of carbonyl (C=O) groups is 1. The summed E-state index contributed by atoms with van der Waals surface area (Å²) >= 11 is 6.92. The number of hydrogen-bond acceptors (Lipinski definition) is 5. The summed E-state index contributed by atoms with van der Waals surface area (Å²) in [4.78, 5) is 15.6. The standard InChI is InChI=1S/C32H31N3O2S2/c1-2-3-4-11-20-37-28-18-16-25(17-19-28)30-26(23-35(33-30)27-14-9-6-10-15-27)21-29-31(36)34(32(38)39-29)22-24-12-7-5-8-13-24/h5-10,12-19,21,23H,2-4,11,20,22H2,1H3/b29-21+. The van der Waals surface area contributed by atoms with Crippen LogP contribution in [0.4, 0.5) is 0 Å². The first-order valence-corrected chi connectivity index (χ1v) is 14.5. The number of thiocarbonyl (C=S) groups is 1. The third kappa shape index (κ3) is 6.67. The molecule has 0 spiro atoms. The summed E-state index contributed by atoms with van der Waals surface area (Å²) in [5.41, 5.74) is 4.59. The number of para-hydroxylation sites is 1. The molecule has 1 fully saturated rings. The summed E-state index contributed by atoms with van der Waals surface area (Å²) in [6.07, 6.45) is 8.57. The number of ether oxygens (including phenoxy) is 1. The lowest BCUT2D eigenvalue weighted by Crippen LogP contribution is -2.27. The first-order chi connectivity index (χ1) is 19.1. The molecule has 1 aliphatic rings. The van der Waals surface area contributed by atoms with E-state index in [0.717, 1.165) is 46.8 Å². The van der Waals surface area contributed by atoms with E-state index in [4.69, 9.17) is 22.1 Å². The Morgan fingerprint density at radius 2 is 1.64 bits per heavy atom. The molecular formula is C32H31N3O2S2. The smallest absolute Gasteiger partial charge is 0.266 e. The van der Waals surface area contributed by atoms with Crippen LogP contribution >= 0.6 is 24.0 Å². The van der Waals surface area contributed by atoms with Crippen molar-refractivity contribution in [3.63, 3.8) is 0 Å². The van der Waals surface area contributed by atoms with Crippen LogP contribution in [-0.2, 0) is 11.3 Å². The van der Waals surface area contributed by atoms with Crippen molar-refractivity contribution < 1.29 is 9.53 Å². The molecule has 0 saturated carbocycles. The van der Waals surface area contributed by atoms with Gasteiger partial charge in [-0.25, -0.2) is 4.68 Å². The number of unbranched alkanes of at least 4 members (excludes halogenated alkanes) is 3. The van der Waals surface area contributed by atoms with E-state index >= 15 is 0 Å². The number of nitrogens with zero attached hydrogens (tertiary/aromatic N) is 3. The third-order valence-electron chi connectivity index (χ3n) is 6.50. The van der Waals surface area contributed by atoms with E-state index in [1.165, 1.54) is 31.0 Å². The number of rotatable bonds is 11. The minimum Gasteiger partial charge on any atom is -0.494 e. The number of thioether (sulfide) groups is 1. The number of carbonyl (C=O) groups excluding carboxylic acids is 1. The van der Waals surface area contributed by atoms with Gasteiger partial charge in [0.2, 0.25) is 0 Å². The Morgan fingerprint density at radius 3 is 2.36 bits per heavy atom. The fourth-order valence-corrected chi connectivity index (χ4v) is 5.65. The molecule has 0 unspecified atom stereocenters. The molecule has 1 amide bonds. The average Bonchev–Trinajstić information content (AvgIpc) is 3.51. The van der Waals surface area contributed by atoms with Crippen molar-refractivity contribution in [1.82, 2.24) is 14.7 Å². The van der Waals surface area contributed by atoms with Gasteiger partial charge < -0.3 is 4.74 Å². The van der Waals surface area contributed by atoms with Crippen LogP contribution in [0.5, 0.6) is 5.75 Å². The maximum atomic E-state index is 13.4. The SMILES string of the molecule is CCCCCCOc1ccc(-c2nn(-c3ccccc3)cc2/C=C2/SC(=S)N(Cc3ccccc3)C2=O)cc1. The fraction of sp³-hybridized carbons (Fsp3) is 0.219. The summed E-state index contributed by atoms with van der Waals surface area (Å²) in [5, 5.41) is 4.91. The van der Waals surface area contributed by atoms with Gasteiger partial charge in [-0.1, -0.05) is 98.7 Å². The highest BCUT2D eigenvalue weighted by atomic mass is 32.2. The zero-order chi connectivity index (χ0) is 27.0. The molecule has 3 aromatic carbocycles. The minimum atomic E-state index is -0.0842. The Bertz CT molecular complexity index is 1450. The molecule has 0 atom stereocenters. The summed E-state index contributed by atoms with van der Waals surface area (Å²) < 4.78 is 8.35. The molecule has 2 heterocycles. The average molecular weight is 554 g/mol. The van der Waals surface area contributed by atoms with E-state index < -0.39 is 0 Å². The van der Waals surface area contributed by atoms with Gasteiger partial charge in [-0.3, -0.25) is 9.69 Å². The van der Waals surface area contributed by atoms with E-state index in [0.29, 0.717) is 15.8 Å². The largest absolute Gasteiger partial charge is 0.494 e. The van der Waals surface area contributed by atoms with E-state index in [1.54, 1.807) is 4.90 Å². The maximum absolute atomic E-state index is 13.4. The van der Waals surface area contributed by atoms with Gasteiger partial charge in [0.15, 0.2) is 0 Å². The molecule has 5 rings (SSSR count). The minimum absolute atomic E-state index is 0.0842. The highest BCUT2D eigenvalue weighted by molar-refractivity contribution is 8.26. The molecule has 5 nitrogen and oxygen atoms in total. The zero-order valence-corrected chi connectivity index (χ0v) is 23.6. The lowest BCUT2D eigenvalue weighted by atomic mass is 10.1. The molecular weight excluding hydrogens is 523 g/mol. The van der Waals surface area contributed by atoms with Crippen molar-refractivity contribution in [3.8, 4) is 22.7 Å². The summed E-state index contributed by atoms with van der Waals surface area (Å²) in [7, 11) is 0. The zero-order valence-electron chi connectivity index (χ0n) is 22.0. The van der Waals surface area contributed by atoms with Gasteiger partial charge in [0.05, 0.1) is 29.4 Å². The summed E-state index contributed by atoms with van der Waals surface area (Å²) in [6.45, 7) is 3.39. The van der Waals surface area contributed by atoms with E-state index in [-0.39, 0.29) is 5.91 Å². The predicted octanol–water partition coefficient (Wildman–Crippen LogP) is 7.90. The van der Waals surface area contributed by atoms with Crippen LogP contribution in [0.2, 0.25) is 0 Å². The van der Waals surface area contributed by atoms with E-state index in [9.17, 15) is 4.79 Å². The number of hydrogen-bond donors (Lipinski definition) is 0. The molecule has 1 saturated heterocycles. The summed E-state index contributed by atoms with van der Waals surface area (Å²) in [5.74, 6) is 0.764. The molecule has 198 valence electrons. The Morgan fingerprint density at radius 1 is 0.923 bits per heavy atom. The van der Waals surface area contributed by atoms with Gasteiger partial charge in [0.25, 0.3) is 5.91 Å². The van der Waals surface area contributed by atoms with E-state index in [1.807, 2.05) is 102 Å². The van der Waals surface area contributed by atoms with Crippen LogP contribution in [0.15, 0.2) is 96.0 Å². The van der Waals surface area contributed by atoms with Crippen molar-refractivity contribution in [2.75, 3.05) is 6.61 Å². The second-order valence-electron chi connectivity index (χ2n) is 9.40. The molecule has 0 aliphatic carbocycles. The quantitative estimate of drug-likeness (QED) is 0.107. The molecule has 0 bridgehead atoms. The molecule has 7 heteroatoms. The molecule has 0 N–H and O–H groups in total. The predicted molar refractivity (Wildman–Crippen MR) is 164 cm³/mol. The highest BCUT2D eigenvalue weighted by Crippen LogP contribution is 2.36. The van der Waals surface area contributed by atoms with Crippen LogP contribution < -0.4 is 4.74 Å². The second-order valence-corrected chi connectivity index (χ2v) is 11.1. The van der Waals surface area contributed by atoms with Crippen LogP contribution in [0.25, 0.3) is 23.0 Å². The van der Waals surface area contributed by atoms with Crippen molar-refractivity contribution in [2.45, 2.75) is 39.2 Å². The van der Waals surface area contributed by atoms with E-state index in [2.05, 4.69) is 6.92 Å². The Labute approximate surface area is 239 Å². The first-order valence-electron chi connectivity index (χ1n) is 13.3. The molecule has 39 heavy (non-hydrogen) atoms. The highest BCUT2D eigenvalue weighted by Gasteiger charge is 2.32. The number of amides is 1. The van der Waals surface area contributed by atoms with Gasteiger partial charge in [-0.05, 0) is 54.5 Å². The topological polar surface area (TPSA) is 47.4 Å². The maximum Gasteiger partial charge on any atom is 0.266 e. The monoisotopic (exact) mass is 553 g/mol. The van der Waals surface area contributed by atoms with Crippen molar-refractivity contribution >= 4 is 40.3 Å². The van der Waals surface area contributed by atoms with Gasteiger partial charge in [0, 0.05) is 17.3 Å². The number of benzene rings is 3. The second kappa shape index (κ2) is 12.9. The van der Waals surface area contributed by atoms with Crippen molar-refractivity contribution in [3.05, 3.63) is 107 Å². The molecule has 1 aliphatic heterocycles. The Balaban J connectivity index is 1.41. The third-order valence-corrected chi connectivity index (χ3v) is 7.88. The van der Waals surface area contributed by atoms with Gasteiger partial charge in [-0.15, -0.1) is 0 Å². The van der Waals surface area contributed by atoms with Gasteiger partial charge >= 0.3 is 0 Å². The van der Waals surface area contributed by atoms with Crippen LogP contribution in [0.3, 0.4) is 0 Å². The Kier molecular flexibility index (Phi) is 8.91. The van der Waals surface area contributed by atoms with Crippen molar-refractivity contribution in [2.24, 2.45) is 0 Å². The molecule has 0 radical (unpaired) electrons. The summed E-state index contributed by atoms with van der Waals surface area (Å²) in [6, 6.07) is 27.9. The number of aromatic nitrogens is 2. The van der Waals surface area contributed by atoms with Gasteiger partial charge in [0.1, 0.15) is 10.1 Å². The van der Waals surface area contributed by atoms with Crippen LogP contribution in [0.1, 0.15) is 43.7 Å². The molecule has 1 aromatic heterocycles. The molecule has 4 aromatic rings. The lowest BCUT2D eigenvalue weighted by Gasteiger charge is -2.14. The fourth-order valence-electron chi connectivity index (χ4n) is 4.40. The van der Waals surface area contributed by atoms with Crippen LogP contribution in [0, 0.1) is 0 Å². The van der Waals surface area contributed by atoms with Crippen LogP contribution in [-0.4, -0.2) is 31.5 Å². The van der Waals surface area contributed by atoms with Gasteiger partial charge in [-0.2, -0.15) is 5.10 Å². The first kappa shape index (κ1) is 26.9. The normalized spacial score (nSPS) is 14.4.